The molecular formula is C25H23N3O3S. The summed E-state index contributed by atoms with van der Waals surface area (Å²) < 4.78 is 12.6. The SMILES string of the molecule is COc1ccc(OC)c(C(=O)CSc2nnc(-c3cccc(C)c3)n2-c2ccccc2)c1. The summed E-state index contributed by atoms with van der Waals surface area (Å²) in [6.45, 7) is 2.04. The Bertz CT molecular complexity index is 1240. The van der Waals surface area contributed by atoms with Gasteiger partial charge in [-0.15, -0.1) is 10.2 Å². The van der Waals surface area contributed by atoms with Crippen LogP contribution in [0.2, 0.25) is 0 Å². The highest BCUT2D eigenvalue weighted by molar-refractivity contribution is 7.99. The van der Waals surface area contributed by atoms with Crippen molar-refractivity contribution < 1.29 is 14.3 Å². The third-order valence-corrected chi connectivity index (χ3v) is 5.89. The molecule has 6 nitrogen and oxygen atoms in total. The van der Waals surface area contributed by atoms with Crippen LogP contribution in [-0.2, 0) is 0 Å². The van der Waals surface area contributed by atoms with E-state index >= 15 is 0 Å². The predicted molar refractivity (Wildman–Crippen MR) is 126 cm³/mol. The van der Waals surface area contributed by atoms with Gasteiger partial charge in [0.25, 0.3) is 0 Å². The first kappa shape index (κ1) is 21.6. The minimum Gasteiger partial charge on any atom is -0.497 e. The third kappa shape index (κ3) is 4.53. The van der Waals surface area contributed by atoms with Crippen LogP contribution in [0.1, 0.15) is 15.9 Å². The molecule has 0 radical (unpaired) electrons. The zero-order valence-electron chi connectivity index (χ0n) is 18.1. The van der Waals surface area contributed by atoms with Crippen LogP contribution in [-0.4, -0.2) is 40.5 Å². The molecule has 0 atom stereocenters. The lowest BCUT2D eigenvalue weighted by atomic mass is 10.1. The first-order chi connectivity index (χ1) is 15.6. The van der Waals surface area contributed by atoms with Crippen molar-refractivity contribution in [3.8, 4) is 28.6 Å². The summed E-state index contributed by atoms with van der Waals surface area (Å²) in [4.78, 5) is 13.0. The first-order valence-corrected chi connectivity index (χ1v) is 11.0. The highest BCUT2D eigenvalue weighted by Crippen LogP contribution is 2.30. The minimum absolute atomic E-state index is 0.0783. The van der Waals surface area contributed by atoms with Crippen molar-refractivity contribution in [3.63, 3.8) is 0 Å². The van der Waals surface area contributed by atoms with E-state index in [1.165, 1.54) is 11.8 Å². The van der Waals surface area contributed by atoms with Crippen molar-refractivity contribution in [3.05, 3.63) is 83.9 Å². The van der Waals surface area contributed by atoms with Crippen LogP contribution >= 0.6 is 11.8 Å². The Labute approximate surface area is 191 Å². The fourth-order valence-electron chi connectivity index (χ4n) is 3.38. The number of nitrogens with zero attached hydrogens (tertiary/aromatic N) is 3. The van der Waals surface area contributed by atoms with E-state index in [0.29, 0.717) is 22.2 Å². The maximum atomic E-state index is 13.0. The summed E-state index contributed by atoms with van der Waals surface area (Å²) in [6, 6.07) is 23.2. The molecule has 4 rings (SSSR count). The van der Waals surface area contributed by atoms with Gasteiger partial charge in [0.1, 0.15) is 11.5 Å². The van der Waals surface area contributed by atoms with Gasteiger partial charge in [-0.1, -0.05) is 53.7 Å². The topological polar surface area (TPSA) is 66.2 Å². The number of ketones is 1. The van der Waals surface area contributed by atoms with Crippen LogP contribution in [0.15, 0.2) is 78.0 Å². The molecule has 0 amide bonds. The Morgan fingerprint density at radius 2 is 1.75 bits per heavy atom. The summed E-state index contributed by atoms with van der Waals surface area (Å²) >= 11 is 1.34. The molecule has 0 saturated carbocycles. The molecule has 0 aliphatic heterocycles. The summed E-state index contributed by atoms with van der Waals surface area (Å²) in [5.74, 6) is 1.96. The van der Waals surface area contributed by atoms with Crippen molar-refractivity contribution in [2.24, 2.45) is 0 Å². The molecule has 0 N–H and O–H groups in total. The second-order valence-electron chi connectivity index (χ2n) is 7.12. The van der Waals surface area contributed by atoms with E-state index in [0.717, 1.165) is 22.6 Å². The van der Waals surface area contributed by atoms with Crippen LogP contribution in [0.3, 0.4) is 0 Å². The molecule has 4 aromatic rings. The van der Waals surface area contributed by atoms with E-state index < -0.39 is 0 Å². The monoisotopic (exact) mass is 445 g/mol. The van der Waals surface area contributed by atoms with Gasteiger partial charge in [0.15, 0.2) is 16.8 Å². The third-order valence-electron chi connectivity index (χ3n) is 4.96. The average Bonchev–Trinajstić information content (AvgIpc) is 3.26. The van der Waals surface area contributed by atoms with Gasteiger partial charge >= 0.3 is 0 Å². The molecule has 7 heteroatoms. The molecule has 0 unspecified atom stereocenters. The molecule has 3 aromatic carbocycles. The van der Waals surface area contributed by atoms with Gasteiger partial charge < -0.3 is 9.47 Å². The van der Waals surface area contributed by atoms with Crippen molar-refractivity contribution in [2.75, 3.05) is 20.0 Å². The van der Waals surface area contributed by atoms with E-state index in [9.17, 15) is 4.79 Å². The van der Waals surface area contributed by atoms with Gasteiger partial charge in [-0.25, -0.2) is 0 Å². The molecule has 0 aliphatic rings. The van der Waals surface area contributed by atoms with Gasteiger partial charge in [0.05, 0.1) is 25.5 Å². The number of aryl methyl sites for hydroxylation is 1. The molecule has 0 spiro atoms. The van der Waals surface area contributed by atoms with Crippen molar-refractivity contribution in [1.29, 1.82) is 0 Å². The summed E-state index contributed by atoms with van der Waals surface area (Å²) in [5.41, 5.74) is 3.51. The van der Waals surface area contributed by atoms with E-state index in [1.807, 2.05) is 60.0 Å². The molecule has 0 bridgehead atoms. The molecule has 0 saturated heterocycles. The van der Waals surface area contributed by atoms with Crippen LogP contribution in [0.25, 0.3) is 17.1 Å². The standard InChI is InChI=1S/C25H23N3O3S/c1-17-8-7-9-18(14-17)24-26-27-25(28(24)19-10-5-4-6-11-19)32-16-22(29)21-15-20(30-2)12-13-23(21)31-3/h4-15H,16H2,1-3H3. The van der Waals surface area contributed by atoms with Gasteiger partial charge in [0.2, 0.25) is 0 Å². The molecule has 1 aromatic heterocycles. The lowest BCUT2D eigenvalue weighted by Crippen LogP contribution is -2.07. The van der Waals surface area contributed by atoms with Gasteiger partial charge in [-0.05, 0) is 43.3 Å². The Kier molecular flexibility index (Phi) is 6.56. The molecular weight excluding hydrogens is 422 g/mol. The minimum atomic E-state index is -0.0783. The second kappa shape index (κ2) is 9.70. The van der Waals surface area contributed by atoms with Gasteiger partial charge in [-0.3, -0.25) is 9.36 Å². The molecule has 0 aliphatic carbocycles. The number of ether oxygens (including phenoxy) is 2. The number of methoxy groups -OCH3 is 2. The molecule has 0 fully saturated rings. The van der Waals surface area contributed by atoms with Crippen LogP contribution in [0.5, 0.6) is 11.5 Å². The number of thioether (sulfide) groups is 1. The average molecular weight is 446 g/mol. The van der Waals surface area contributed by atoms with E-state index in [1.54, 1.807) is 32.4 Å². The van der Waals surface area contributed by atoms with E-state index in [2.05, 4.69) is 16.3 Å². The quantitative estimate of drug-likeness (QED) is 0.273. The van der Waals surface area contributed by atoms with Crippen LogP contribution < -0.4 is 9.47 Å². The smallest absolute Gasteiger partial charge is 0.196 e. The van der Waals surface area contributed by atoms with E-state index in [4.69, 9.17) is 9.47 Å². The fourth-order valence-corrected chi connectivity index (χ4v) is 4.22. The summed E-state index contributed by atoms with van der Waals surface area (Å²) in [5, 5.41) is 9.50. The normalized spacial score (nSPS) is 10.7. The number of para-hydroxylation sites is 1. The van der Waals surface area contributed by atoms with E-state index in [-0.39, 0.29) is 11.5 Å². The molecule has 1 heterocycles. The highest BCUT2D eigenvalue weighted by Gasteiger charge is 2.19. The first-order valence-electron chi connectivity index (χ1n) is 10.1. The molecule has 162 valence electrons. The fraction of sp³-hybridized carbons (Fsp3) is 0.160. The van der Waals surface area contributed by atoms with Crippen molar-refractivity contribution >= 4 is 17.5 Å². The Morgan fingerprint density at radius 1 is 0.938 bits per heavy atom. The van der Waals surface area contributed by atoms with Crippen LogP contribution in [0.4, 0.5) is 0 Å². The predicted octanol–water partition coefficient (Wildman–Crippen LogP) is 5.23. The summed E-state index contributed by atoms with van der Waals surface area (Å²) in [7, 11) is 3.12. The maximum Gasteiger partial charge on any atom is 0.196 e. The molecule has 32 heavy (non-hydrogen) atoms. The van der Waals surface area contributed by atoms with Crippen molar-refractivity contribution in [2.45, 2.75) is 12.1 Å². The summed E-state index contributed by atoms with van der Waals surface area (Å²) in [6.07, 6.45) is 0. The van der Waals surface area contributed by atoms with Crippen molar-refractivity contribution in [1.82, 2.24) is 14.8 Å². The number of hydrogen-bond donors (Lipinski definition) is 0. The lowest BCUT2D eigenvalue weighted by molar-refractivity contribution is 0.101. The number of aromatic nitrogens is 3. The van der Waals surface area contributed by atoms with Gasteiger partial charge in [-0.2, -0.15) is 0 Å². The Morgan fingerprint density at radius 3 is 2.47 bits per heavy atom. The largest absolute Gasteiger partial charge is 0.497 e. The number of carbonyl (C=O) groups is 1. The van der Waals surface area contributed by atoms with Crippen LogP contribution in [0, 0.1) is 6.92 Å². The number of carbonyl (C=O) groups excluding carboxylic acids is 1. The lowest BCUT2D eigenvalue weighted by Gasteiger charge is -2.11. The zero-order chi connectivity index (χ0) is 22.5. The Hall–Kier alpha value is -3.58. The zero-order valence-corrected chi connectivity index (χ0v) is 18.9. The number of benzene rings is 3. The second-order valence-corrected chi connectivity index (χ2v) is 8.07. The number of rotatable bonds is 8. The number of Topliss-reactive ketones (excluding diaryl/α,β-unsaturated/α-hetero) is 1. The highest BCUT2D eigenvalue weighted by atomic mass is 32.2. The van der Waals surface area contributed by atoms with Gasteiger partial charge in [0, 0.05) is 11.3 Å². The number of hydrogen-bond acceptors (Lipinski definition) is 6. The Balaban J connectivity index is 1.67. The maximum absolute atomic E-state index is 13.0.